The van der Waals surface area contributed by atoms with Gasteiger partial charge in [-0.05, 0) is 67.7 Å². The first kappa shape index (κ1) is 15.9. The van der Waals surface area contributed by atoms with Crippen LogP contribution in [-0.2, 0) is 0 Å². The predicted molar refractivity (Wildman–Crippen MR) is 92.1 cm³/mol. The van der Waals surface area contributed by atoms with Crippen LogP contribution in [0.2, 0.25) is 0 Å². The number of carbonyl (C=O) groups is 1. The molecular weight excluding hydrogens is 288 g/mol. The van der Waals surface area contributed by atoms with E-state index in [4.69, 9.17) is 4.74 Å². The summed E-state index contributed by atoms with van der Waals surface area (Å²) in [6.07, 6.45) is 8.96. The van der Waals surface area contributed by atoms with Crippen molar-refractivity contribution >= 4 is 12.1 Å². The summed E-state index contributed by atoms with van der Waals surface area (Å²) in [5.74, 6) is 3.22. The van der Waals surface area contributed by atoms with E-state index in [1.54, 1.807) is 13.3 Å². The van der Waals surface area contributed by atoms with Gasteiger partial charge in [0.05, 0.1) is 7.11 Å². The summed E-state index contributed by atoms with van der Waals surface area (Å²) >= 11 is 0. The van der Waals surface area contributed by atoms with Gasteiger partial charge in [0.2, 0.25) is 0 Å². The minimum atomic E-state index is -0.120. The second kappa shape index (κ2) is 7.07. The molecule has 23 heavy (non-hydrogen) atoms. The lowest BCUT2D eigenvalue weighted by Crippen LogP contribution is -2.43. The molecule has 4 heteroatoms. The molecule has 2 saturated carbocycles. The van der Waals surface area contributed by atoms with Gasteiger partial charge >= 0.3 is 6.03 Å². The van der Waals surface area contributed by atoms with Crippen LogP contribution in [0.4, 0.5) is 4.79 Å². The van der Waals surface area contributed by atoms with Gasteiger partial charge in [-0.2, -0.15) is 0 Å². The summed E-state index contributed by atoms with van der Waals surface area (Å²) in [6, 6.07) is 7.83. The molecule has 1 aromatic rings. The van der Waals surface area contributed by atoms with Crippen molar-refractivity contribution in [3.63, 3.8) is 0 Å². The summed E-state index contributed by atoms with van der Waals surface area (Å²) in [5, 5.41) is 5.89. The van der Waals surface area contributed by atoms with Crippen molar-refractivity contribution in [2.75, 3.05) is 7.11 Å². The summed E-state index contributed by atoms with van der Waals surface area (Å²) in [4.78, 5) is 12.0. The summed E-state index contributed by atoms with van der Waals surface area (Å²) in [5.41, 5.74) is 1.02. The third kappa shape index (κ3) is 3.87. The number of amides is 2. The number of methoxy groups -OCH3 is 1. The molecule has 2 aliphatic carbocycles. The van der Waals surface area contributed by atoms with Gasteiger partial charge in [0, 0.05) is 12.2 Å². The molecule has 2 N–H and O–H groups in total. The van der Waals surface area contributed by atoms with Gasteiger partial charge in [0.15, 0.2) is 0 Å². The number of ether oxygens (including phenoxy) is 1. The average molecular weight is 314 g/mol. The largest absolute Gasteiger partial charge is 0.497 e. The number of hydrogen-bond acceptors (Lipinski definition) is 2. The van der Waals surface area contributed by atoms with Crippen LogP contribution in [0.15, 0.2) is 30.5 Å². The molecule has 124 valence electrons. The smallest absolute Gasteiger partial charge is 0.318 e. The van der Waals surface area contributed by atoms with Crippen LogP contribution in [0.1, 0.15) is 38.2 Å². The van der Waals surface area contributed by atoms with Crippen molar-refractivity contribution in [3.8, 4) is 5.75 Å². The normalized spacial score (nSPS) is 27.1. The molecule has 4 atom stereocenters. The SMILES string of the molecule is COc1ccc(/C=C/NC(=O)NC(C)C2CC3CCC2C3)cc1. The Labute approximate surface area is 138 Å². The lowest BCUT2D eigenvalue weighted by Gasteiger charge is -2.28. The molecule has 0 aliphatic heterocycles. The van der Waals surface area contributed by atoms with Gasteiger partial charge in [-0.25, -0.2) is 4.79 Å². The fourth-order valence-electron chi connectivity index (χ4n) is 4.19. The van der Waals surface area contributed by atoms with Crippen LogP contribution in [0.25, 0.3) is 6.08 Å². The van der Waals surface area contributed by atoms with Crippen molar-refractivity contribution in [3.05, 3.63) is 36.0 Å². The lowest BCUT2D eigenvalue weighted by atomic mass is 9.84. The van der Waals surface area contributed by atoms with Crippen molar-refractivity contribution in [2.45, 2.75) is 38.6 Å². The maximum absolute atomic E-state index is 12.0. The third-order valence-corrected chi connectivity index (χ3v) is 5.40. The van der Waals surface area contributed by atoms with E-state index in [1.165, 1.54) is 25.7 Å². The number of rotatable bonds is 5. The Kier molecular flexibility index (Phi) is 4.89. The Balaban J connectivity index is 1.44. The molecule has 4 unspecified atom stereocenters. The van der Waals surface area contributed by atoms with E-state index in [0.717, 1.165) is 23.1 Å². The van der Waals surface area contributed by atoms with Crippen LogP contribution in [0, 0.1) is 17.8 Å². The van der Waals surface area contributed by atoms with E-state index in [2.05, 4.69) is 17.6 Å². The Hall–Kier alpha value is -1.97. The Morgan fingerprint density at radius 1 is 1.26 bits per heavy atom. The quantitative estimate of drug-likeness (QED) is 0.869. The highest BCUT2D eigenvalue weighted by Gasteiger charge is 2.42. The number of urea groups is 1. The predicted octanol–water partition coefficient (Wildman–Crippen LogP) is 3.79. The molecule has 2 bridgehead atoms. The maximum Gasteiger partial charge on any atom is 0.318 e. The van der Waals surface area contributed by atoms with E-state index in [-0.39, 0.29) is 12.1 Å². The van der Waals surface area contributed by atoms with Gasteiger partial charge in [-0.3, -0.25) is 0 Å². The third-order valence-electron chi connectivity index (χ3n) is 5.40. The second-order valence-corrected chi connectivity index (χ2v) is 6.85. The van der Waals surface area contributed by atoms with Gasteiger partial charge in [-0.15, -0.1) is 0 Å². The van der Waals surface area contributed by atoms with Crippen LogP contribution in [0.3, 0.4) is 0 Å². The fourth-order valence-corrected chi connectivity index (χ4v) is 4.19. The molecule has 4 nitrogen and oxygen atoms in total. The van der Waals surface area contributed by atoms with Crippen molar-refractivity contribution in [1.82, 2.24) is 10.6 Å². The van der Waals surface area contributed by atoms with Crippen LogP contribution in [0.5, 0.6) is 5.75 Å². The van der Waals surface area contributed by atoms with E-state index < -0.39 is 0 Å². The molecule has 0 spiro atoms. The standard InChI is InChI=1S/C19H26N2O2/c1-13(18-12-15-3-6-16(18)11-15)21-19(22)20-10-9-14-4-7-17(23-2)8-5-14/h4-5,7-10,13,15-16,18H,3,6,11-12H2,1-2H3,(H2,20,21,22)/b10-9+. The second-order valence-electron chi connectivity index (χ2n) is 6.85. The zero-order chi connectivity index (χ0) is 16.2. The molecule has 2 fully saturated rings. The topological polar surface area (TPSA) is 50.4 Å². The Morgan fingerprint density at radius 2 is 2.04 bits per heavy atom. The number of hydrogen-bond donors (Lipinski definition) is 2. The summed E-state index contributed by atoms with van der Waals surface area (Å²) < 4.78 is 5.12. The average Bonchev–Trinajstić information content (AvgIpc) is 3.18. The van der Waals surface area contributed by atoms with Crippen molar-refractivity contribution in [2.24, 2.45) is 17.8 Å². The number of nitrogens with one attached hydrogen (secondary N) is 2. The molecule has 0 heterocycles. The number of fused-ring (bicyclic) bond motifs is 2. The first-order chi connectivity index (χ1) is 11.2. The molecule has 2 aliphatic rings. The van der Waals surface area contributed by atoms with Crippen molar-refractivity contribution < 1.29 is 9.53 Å². The molecule has 0 saturated heterocycles. The maximum atomic E-state index is 12.0. The van der Waals surface area contributed by atoms with Crippen LogP contribution < -0.4 is 15.4 Å². The van der Waals surface area contributed by atoms with Gasteiger partial charge in [0.25, 0.3) is 0 Å². The van der Waals surface area contributed by atoms with E-state index in [9.17, 15) is 4.79 Å². The molecule has 3 rings (SSSR count). The summed E-state index contributed by atoms with van der Waals surface area (Å²) in [6.45, 7) is 2.14. The van der Waals surface area contributed by atoms with Crippen molar-refractivity contribution in [1.29, 1.82) is 0 Å². The summed E-state index contributed by atoms with van der Waals surface area (Å²) in [7, 11) is 1.65. The first-order valence-corrected chi connectivity index (χ1v) is 8.53. The highest BCUT2D eigenvalue weighted by Crippen LogP contribution is 2.49. The van der Waals surface area contributed by atoms with Gasteiger partial charge < -0.3 is 15.4 Å². The molecule has 0 radical (unpaired) electrons. The van der Waals surface area contributed by atoms with E-state index in [0.29, 0.717) is 5.92 Å². The number of carbonyl (C=O) groups excluding carboxylic acids is 1. The fraction of sp³-hybridized carbons (Fsp3) is 0.526. The van der Waals surface area contributed by atoms with Gasteiger partial charge in [0.1, 0.15) is 5.75 Å². The molecular formula is C19H26N2O2. The zero-order valence-electron chi connectivity index (χ0n) is 13.9. The van der Waals surface area contributed by atoms with Gasteiger partial charge in [-0.1, -0.05) is 18.6 Å². The molecule has 0 aromatic heterocycles. The Bertz CT molecular complexity index is 567. The van der Waals surface area contributed by atoms with E-state index in [1.807, 2.05) is 30.3 Å². The minimum Gasteiger partial charge on any atom is -0.497 e. The zero-order valence-corrected chi connectivity index (χ0v) is 13.9. The highest BCUT2D eigenvalue weighted by atomic mass is 16.5. The van der Waals surface area contributed by atoms with E-state index >= 15 is 0 Å². The van der Waals surface area contributed by atoms with Crippen LogP contribution in [-0.4, -0.2) is 19.2 Å². The molecule has 2 amide bonds. The monoisotopic (exact) mass is 314 g/mol. The number of benzene rings is 1. The first-order valence-electron chi connectivity index (χ1n) is 8.53. The highest BCUT2D eigenvalue weighted by molar-refractivity contribution is 5.76. The van der Waals surface area contributed by atoms with Crippen LogP contribution >= 0.6 is 0 Å². The lowest BCUT2D eigenvalue weighted by molar-refractivity contribution is 0.223. The Morgan fingerprint density at radius 3 is 2.65 bits per heavy atom. The molecule has 1 aromatic carbocycles. The minimum absolute atomic E-state index is 0.120.